The van der Waals surface area contributed by atoms with Crippen molar-refractivity contribution < 1.29 is 33.4 Å². The molecule has 0 spiro atoms. The summed E-state index contributed by atoms with van der Waals surface area (Å²) in [7, 11) is 0. The van der Waals surface area contributed by atoms with E-state index in [1.807, 2.05) is 36.4 Å². The van der Waals surface area contributed by atoms with E-state index >= 15 is 0 Å². The zero-order chi connectivity index (χ0) is 35.7. The number of anilines is 1. The Morgan fingerprint density at radius 2 is 1.51 bits per heavy atom. The van der Waals surface area contributed by atoms with Crippen LogP contribution in [-0.2, 0) is 20.7 Å². The van der Waals surface area contributed by atoms with Gasteiger partial charge in [-0.25, -0.2) is 9.59 Å². The molecule has 2 atom stereocenters. The van der Waals surface area contributed by atoms with Gasteiger partial charge < -0.3 is 24.8 Å². The summed E-state index contributed by atoms with van der Waals surface area (Å²) >= 11 is 0. The molecule has 0 aliphatic carbocycles. The summed E-state index contributed by atoms with van der Waals surface area (Å²) < 4.78 is 16.7. The summed E-state index contributed by atoms with van der Waals surface area (Å²) in [6.45, 7) is 2.27. The summed E-state index contributed by atoms with van der Waals surface area (Å²) in [6, 6.07) is 34.7. The van der Waals surface area contributed by atoms with E-state index in [1.165, 1.54) is 4.90 Å². The molecule has 1 saturated heterocycles. The van der Waals surface area contributed by atoms with Gasteiger partial charge in [0, 0.05) is 28.8 Å². The summed E-state index contributed by atoms with van der Waals surface area (Å²) in [5, 5.41) is 15.6. The number of esters is 1. The van der Waals surface area contributed by atoms with Gasteiger partial charge in [0.05, 0.1) is 13.2 Å². The summed E-state index contributed by atoms with van der Waals surface area (Å²) in [6.07, 6.45) is -0.834. The van der Waals surface area contributed by atoms with Crippen LogP contribution < -0.4 is 20.3 Å². The number of cyclic esters (lactones) is 1. The van der Waals surface area contributed by atoms with Crippen molar-refractivity contribution in [2.24, 2.45) is 0 Å². The predicted octanol–water partition coefficient (Wildman–Crippen LogP) is 5.90. The van der Waals surface area contributed by atoms with Gasteiger partial charge in [-0.3, -0.25) is 19.9 Å². The maximum absolute atomic E-state index is 13.1. The number of fused-ring (bicyclic) bond motifs is 1. The molecule has 11 heteroatoms. The van der Waals surface area contributed by atoms with Gasteiger partial charge >= 0.3 is 12.1 Å². The van der Waals surface area contributed by atoms with Crippen LogP contribution in [-0.4, -0.2) is 61.6 Å². The summed E-state index contributed by atoms with van der Waals surface area (Å²) in [5.41, 5.74) is 2.75. The zero-order valence-corrected chi connectivity index (χ0v) is 27.8. The van der Waals surface area contributed by atoms with Gasteiger partial charge in [-0.15, -0.1) is 0 Å². The second-order valence-electron chi connectivity index (χ2n) is 11.9. The lowest BCUT2D eigenvalue weighted by molar-refractivity contribution is -0.145. The van der Waals surface area contributed by atoms with E-state index < -0.39 is 24.2 Å². The molecule has 0 bridgehead atoms. The number of nitrogens with zero attached hydrogens (tertiary/aromatic N) is 1. The first-order chi connectivity index (χ1) is 24.8. The lowest BCUT2D eigenvalue weighted by Crippen LogP contribution is -2.43. The van der Waals surface area contributed by atoms with Gasteiger partial charge in [0.2, 0.25) is 0 Å². The highest BCUT2D eigenvalue weighted by molar-refractivity contribution is 6.11. The fourth-order valence-corrected chi connectivity index (χ4v) is 5.63. The Morgan fingerprint density at radius 3 is 2.24 bits per heavy atom. The van der Waals surface area contributed by atoms with E-state index in [9.17, 15) is 19.2 Å². The Kier molecular flexibility index (Phi) is 10.7. The molecule has 0 aromatic heterocycles. The Labute approximate surface area is 294 Å². The van der Waals surface area contributed by atoms with Gasteiger partial charge in [-0.2, -0.15) is 0 Å². The maximum Gasteiger partial charge on any atom is 0.414 e. The van der Waals surface area contributed by atoms with Crippen LogP contribution in [0.25, 0.3) is 10.8 Å². The lowest BCUT2D eigenvalue weighted by Gasteiger charge is -2.18. The quantitative estimate of drug-likeness (QED) is 0.0842. The summed E-state index contributed by atoms with van der Waals surface area (Å²) in [4.78, 5) is 52.5. The monoisotopic (exact) mass is 684 g/mol. The number of hydrogen-bond donors (Lipinski definition) is 3. The minimum absolute atomic E-state index is 0.0566. The number of benzene rings is 5. The van der Waals surface area contributed by atoms with Gasteiger partial charge in [0.25, 0.3) is 11.8 Å². The SMILES string of the molecule is CCOC(=O)C(Cc1ccc(OCC2CN(c3ccc(C(=N)NC(=O)c4ccccc4)cc3)C(=O)O2)cc1)NC(=O)c1ccc2ccccc2c1. The minimum atomic E-state index is -0.896. The molecule has 258 valence electrons. The largest absolute Gasteiger partial charge is 0.490 e. The van der Waals surface area contributed by atoms with Crippen LogP contribution >= 0.6 is 0 Å². The normalized spacial score (nSPS) is 14.3. The second-order valence-corrected chi connectivity index (χ2v) is 11.9. The minimum Gasteiger partial charge on any atom is -0.490 e. The second kappa shape index (κ2) is 15.8. The van der Waals surface area contributed by atoms with Crippen LogP contribution in [0.4, 0.5) is 10.5 Å². The number of carbonyl (C=O) groups excluding carboxylic acids is 4. The Hall–Kier alpha value is -6.49. The van der Waals surface area contributed by atoms with E-state index in [0.717, 1.165) is 16.3 Å². The highest BCUT2D eigenvalue weighted by atomic mass is 16.6. The molecule has 1 aliphatic rings. The van der Waals surface area contributed by atoms with Crippen molar-refractivity contribution in [3.63, 3.8) is 0 Å². The van der Waals surface area contributed by atoms with Gasteiger partial charge in [-0.1, -0.05) is 60.7 Å². The predicted molar refractivity (Wildman–Crippen MR) is 192 cm³/mol. The Morgan fingerprint density at radius 1 is 0.824 bits per heavy atom. The number of amides is 3. The first-order valence-corrected chi connectivity index (χ1v) is 16.5. The van der Waals surface area contributed by atoms with E-state index in [1.54, 1.807) is 91.9 Å². The first-order valence-electron chi connectivity index (χ1n) is 16.5. The molecule has 6 rings (SSSR count). The third kappa shape index (κ3) is 8.57. The fraction of sp³-hybridized carbons (Fsp3) is 0.175. The van der Waals surface area contributed by atoms with Crippen LogP contribution in [0.1, 0.15) is 38.8 Å². The van der Waals surface area contributed by atoms with Crippen LogP contribution in [0, 0.1) is 5.41 Å². The van der Waals surface area contributed by atoms with Gasteiger partial charge in [-0.05, 0) is 83.9 Å². The van der Waals surface area contributed by atoms with E-state index in [2.05, 4.69) is 10.6 Å². The standard InChI is InChI=1S/C40H36N4O7/c1-2-49-39(47)35(42-38(46)31-15-14-27-8-6-7-11-30(27)23-31)22-26-12-20-33(21-13-26)50-25-34-24-44(40(48)51-34)32-18-16-28(17-19-32)36(41)43-37(45)29-9-4-3-5-10-29/h3-21,23,34-35H,2,22,24-25H2,1H3,(H,42,46)(H2,41,43,45). The van der Waals surface area contributed by atoms with Gasteiger partial charge in [0.15, 0.2) is 6.10 Å². The number of nitrogens with one attached hydrogen (secondary N) is 3. The molecule has 11 nitrogen and oxygen atoms in total. The van der Waals surface area contributed by atoms with Crippen molar-refractivity contribution in [1.82, 2.24) is 10.6 Å². The molecule has 1 heterocycles. The highest BCUT2D eigenvalue weighted by Crippen LogP contribution is 2.24. The van der Waals surface area contributed by atoms with Crippen molar-refractivity contribution in [1.29, 1.82) is 5.41 Å². The molecular formula is C40H36N4O7. The number of ether oxygens (including phenoxy) is 3. The van der Waals surface area contributed by atoms with Gasteiger partial charge in [0.1, 0.15) is 24.2 Å². The molecule has 3 N–H and O–H groups in total. The van der Waals surface area contributed by atoms with Crippen LogP contribution in [0.2, 0.25) is 0 Å². The van der Waals surface area contributed by atoms with Crippen molar-refractivity contribution in [3.8, 4) is 5.75 Å². The third-order valence-electron chi connectivity index (χ3n) is 8.30. The van der Waals surface area contributed by atoms with Crippen molar-refractivity contribution in [2.75, 3.05) is 24.7 Å². The fourth-order valence-electron chi connectivity index (χ4n) is 5.63. The third-order valence-corrected chi connectivity index (χ3v) is 8.30. The van der Waals surface area contributed by atoms with Crippen LogP contribution in [0.5, 0.6) is 5.75 Å². The average Bonchev–Trinajstić information content (AvgIpc) is 3.54. The topological polar surface area (TPSA) is 147 Å². The molecule has 3 amide bonds. The smallest absolute Gasteiger partial charge is 0.414 e. The van der Waals surface area contributed by atoms with Crippen LogP contribution in [0.15, 0.2) is 121 Å². The molecule has 0 saturated carbocycles. The molecule has 5 aromatic carbocycles. The average molecular weight is 685 g/mol. The molecule has 1 aliphatic heterocycles. The molecular weight excluding hydrogens is 648 g/mol. The number of carbonyl (C=O) groups is 4. The maximum atomic E-state index is 13.1. The first kappa shape index (κ1) is 34.4. The molecule has 1 fully saturated rings. The zero-order valence-electron chi connectivity index (χ0n) is 27.8. The lowest BCUT2D eigenvalue weighted by atomic mass is 10.0. The molecule has 2 unspecified atom stereocenters. The molecule has 0 radical (unpaired) electrons. The molecule has 51 heavy (non-hydrogen) atoms. The molecule has 5 aromatic rings. The van der Waals surface area contributed by atoms with Crippen molar-refractivity contribution >= 4 is 46.2 Å². The Balaban J connectivity index is 1.01. The van der Waals surface area contributed by atoms with Crippen molar-refractivity contribution in [3.05, 3.63) is 144 Å². The number of amidine groups is 1. The van der Waals surface area contributed by atoms with E-state index in [0.29, 0.717) is 28.1 Å². The Bertz CT molecular complexity index is 2050. The van der Waals surface area contributed by atoms with Crippen LogP contribution in [0.3, 0.4) is 0 Å². The van der Waals surface area contributed by atoms with E-state index in [4.69, 9.17) is 19.6 Å². The number of hydrogen-bond acceptors (Lipinski definition) is 8. The van der Waals surface area contributed by atoms with E-state index in [-0.39, 0.29) is 43.8 Å². The summed E-state index contributed by atoms with van der Waals surface area (Å²) in [5.74, 6) is -0.795. The van der Waals surface area contributed by atoms with Crippen molar-refractivity contribution in [2.45, 2.75) is 25.5 Å². The number of rotatable bonds is 12. The highest BCUT2D eigenvalue weighted by Gasteiger charge is 2.33.